The first kappa shape index (κ1) is 11.3. The maximum Gasteiger partial charge on any atom is 0.325 e. The molecule has 1 atom stereocenters. The van der Waals surface area contributed by atoms with Crippen molar-refractivity contribution in [2.75, 3.05) is 25.1 Å². The molecule has 1 unspecified atom stereocenters. The van der Waals surface area contributed by atoms with Gasteiger partial charge in [-0.25, -0.2) is 0 Å². The molecule has 1 rings (SSSR count). The van der Waals surface area contributed by atoms with Gasteiger partial charge in [-0.05, 0) is 12.7 Å². The van der Waals surface area contributed by atoms with E-state index in [0.29, 0.717) is 18.7 Å². The Labute approximate surface area is 86.6 Å². The lowest BCUT2D eigenvalue weighted by Crippen LogP contribution is -2.50. The van der Waals surface area contributed by atoms with E-state index in [4.69, 9.17) is 10.8 Å². The number of carbonyl (C=O) groups is 2. The molecule has 0 aromatic carbocycles. The van der Waals surface area contributed by atoms with Crippen molar-refractivity contribution in [1.82, 2.24) is 4.90 Å². The molecule has 5 nitrogen and oxygen atoms in total. The van der Waals surface area contributed by atoms with Crippen molar-refractivity contribution in [3.05, 3.63) is 0 Å². The molecule has 0 radical (unpaired) electrons. The van der Waals surface area contributed by atoms with Crippen LogP contribution in [0, 0.1) is 0 Å². The molecular formula is C8H14N2O3S. The first-order valence-corrected chi connectivity index (χ1v) is 5.68. The number of nitrogens with zero attached hydrogens (tertiary/aromatic N) is 1. The maximum absolute atomic E-state index is 11.4. The Kier molecular flexibility index (Phi) is 3.38. The van der Waals surface area contributed by atoms with E-state index >= 15 is 0 Å². The van der Waals surface area contributed by atoms with Gasteiger partial charge in [-0.2, -0.15) is 11.8 Å². The summed E-state index contributed by atoms with van der Waals surface area (Å²) in [6.45, 7) is 0.573. The van der Waals surface area contributed by atoms with Crippen LogP contribution >= 0.6 is 11.8 Å². The Balaban J connectivity index is 2.56. The smallest absolute Gasteiger partial charge is 0.325 e. The first-order chi connectivity index (χ1) is 6.49. The van der Waals surface area contributed by atoms with Crippen LogP contribution in [0.5, 0.6) is 0 Å². The Bertz CT molecular complexity index is 259. The molecule has 6 heteroatoms. The van der Waals surface area contributed by atoms with E-state index in [-0.39, 0.29) is 12.5 Å². The quantitative estimate of drug-likeness (QED) is 0.658. The lowest BCUT2D eigenvalue weighted by molar-refractivity contribution is -0.143. The fourth-order valence-corrected chi connectivity index (χ4v) is 1.86. The first-order valence-electron chi connectivity index (χ1n) is 4.28. The third kappa shape index (κ3) is 2.19. The van der Waals surface area contributed by atoms with Gasteiger partial charge in [0.05, 0.1) is 5.75 Å². The van der Waals surface area contributed by atoms with Crippen LogP contribution in [0.2, 0.25) is 0 Å². The van der Waals surface area contributed by atoms with Crippen LogP contribution in [-0.4, -0.2) is 52.5 Å². The number of carboxylic acid groups (broad SMARTS) is 1. The molecule has 0 bridgehead atoms. The highest BCUT2D eigenvalue weighted by atomic mass is 32.2. The van der Waals surface area contributed by atoms with E-state index in [9.17, 15) is 9.59 Å². The average molecular weight is 218 g/mol. The number of hydrogen-bond donors (Lipinski definition) is 2. The fraction of sp³-hybridized carbons (Fsp3) is 0.750. The van der Waals surface area contributed by atoms with E-state index < -0.39 is 11.5 Å². The zero-order valence-corrected chi connectivity index (χ0v) is 8.84. The van der Waals surface area contributed by atoms with Crippen molar-refractivity contribution in [2.45, 2.75) is 12.0 Å². The molecule has 1 fully saturated rings. The van der Waals surface area contributed by atoms with Gasteiger partial charge >= 0.3 is 5.97 Å². The van der Waals surface area contributed by atoms with Gasteiger partial charge in [0.2, 0.25) is 5.91 Å². The minimum Gasteiger partial charge on any atom is -0.480 e. The van der Waals surface area contributed by atoms with Crippen molar-refractivity contribution in [1.29, 1.82) is 0 Å². The molecule has 0 aliphatic carbocycles. The number of thioether (sulfide) groups is 1. The van der Waals surface area contributed by atoms with Crippen LogP contribution in [0.1, 0.15) is 6.42 Å². The number of aliphatic carboxylic acids is 1. The number of amides is 1. The third-order valence-corrected chi connectivity index (χ3v) is 2.88. The molecule has 1 heterocycles. The van der Waals surface area contributed by atoms with Gasteiger partial charge in [0.15, 0.2) is 0 Å². The van der Waals surface area contributed by atoms with E-state index in [1.807, 2.05) is 6.26 Å². The molecule has 0 spiro atoms. The summed E-state index contributed by atoms with van der Waals surface area (Å²) >= 11 is 1.43. The zero-order valence-electron chi connectivity index (χ0n) is 8.02. The van der Waals surface area contributed by atoms with Gasteiger partial charge < -0.3 is 15.7 Å². The summed E-state index contributed by atoms with van der Waals surface area (Å²) in [5.41, 5.74) is 4.38. The second-order valence-corrected chi connectivity index (χ2v) is 4.33. The Morgan fingerprint density at radius 2 is 2.29 bits per heavy atom. The maximum atomic E-state index is 11.4. The van der Waals surface area contributed by atoms with E-state index in [1.165, 1.54) is 16.7 Å². The van der Waals surface area contributed by atoms with Crippen molar-refractivity contribution in [3.63, 3.8) is 0 Å². The van der Waals surface area contributed by atoms with Crippen LogP contribution in [-0.2, 0) is 9.59 Å². The largest absolute Gasteiger partial charge is 0.480 e. The van der Waals surface area contributed by atoms with Gasteiger partial charge in [0.25, 0.3) is 0 Å². The van der Waals surface area contributed by atoms with Gasteiger partial charge in [0.1, 0.15) is 5.54 Å². The molecule has 14 heavy (non-hydrogen) atoms. The normalized spacial score (nSPS) is 26.6. The molecule has 1 aliphatic heterocycles. The van der Waals surface area contributed by atoms with E-state index in [1.54, 1.807) is 0 Å². The third-order valence-electron chi connectivity index (χ3n) is 2.35. The molecule has 80 valence electrons. The average Bonchev–Trinajstić information content (AvgIpc) is 2.50. The number of carboxylic acids is 1. The second-order valence-electron chi connectivity index (χ2n) is 3.46. The monoisotopic (exact) mass is 218 g/mol. The van der Waals surface area contributed by atoms with Crippen LogP contribution in [0.4, 0.5) is 0 Å². The minimum atomic E-state index is -1.24. The number of likely N-dealkylation sites (tertiary alicyclic amines) is 1. The van der Waals surface area contributed by atoms with Gasteiger partial charge in [-0.1, -0.05) is 0 Å². The van der Waals surface area contributed by atoms with E-state index in [0.717, 1.165) is 0 Å². The summed E-state index contributed by atoms with van der Waals surface area (Å²) < 4.78 is 0. The molecule has 1 amide bonds. The zero-order chi connectivity index (χ0) is 10.8. The number of rotatable bonds is 3. The highest BCUT2D eigenvalue weighted by Gasteiger charge is 2.42. The molecular weight excluding hydrogens is 204 g/mol. The van der Waals surface area contributed by atoms with Crippen molar-refractivity contribution >= 4 is 23.6 Å². The highest BCUT2D eigenvalue weighted by molar-refractivity contribution is 7.99. The Hall–Kier alpha value is -0.750. The second kappa shape index (κ2) is 4.18. The van der Waals surface area contributed by atoms with Crippen molar-refractivity contribution < 1.29 is 14.7 Å². The topological polar surface area (TPSA) is 83.6 Å². The van der Waals surface area contributed by atoms with Crippen LogP contribution in [0.15, 0.2) is 0 Å². The van der Waals surface area contributed by atoms with Crippen LogP contribution < -0.4 is 5.73 Å². The molecule has 0 aromatic rings. The van der Waals surface area contributed by atoms with Crippen molar-refractivity contribution in [3.8, 4) is 0 Å². The summed E-state index contributed by atoms with van der Waals surface area (Å²) in [5.74, 6) is -0.682. The standard InChI is InChI=1S/C8H14N2O3S/c1-14-4-6(11)10-3-2-8(9,5-10)7(12)13/h2-5,9H2,1H3,(H,12,13). The highest BCUT2D eigenvalue weighted by Crippen LogP contribution is 2.19. The van der Waals surface area contributed by atoms with Crippen molar-refractivity contribution in [2.24, 2.45) is 5.73 Å². The van der Waals surface area contributed by atoms with Crippen LogP contribution in [0.25, 0.3) is 0 Å². The predicted octanol–water partition coefficient (Wildman–Crippen LogP) is -0.636. The summed E-state index contributed by atoms with van der Waals surface area (Å²) in [7, 11) is 0. The van der Waals surface area contributed by atoms with Crippen LogP contribution in [0.3, 0.4) is 0 Å². The number of carbonyl (C=O) groups excluding carboxylic acids is 1. The summed E-state index contributed by atoms with van der Waals surface area (Å²) in [4.78, 5) is 23.7. The number of nitrogens with two attached hydrogens (primary N) is 1. The molecule has 1 aliphatic rings. The molecule has 3 N–H and O–H groups in total. The van der Waals surface area contributed by atoms with Gasteiger partial charge in [0, 0.05) is 13.1 Å². The number of hydrogen-bond acceptors (Lipinski definition) is 4. The summed E-state index contributed by atoms with van der Waals surface area (Å²) in [5, 5.41) is 8.83. The molecule has 0 aromatic heterocycles. The summed E-state index contributed by atoms with van der Waals surface area (Å²) in [6.07, 6.45) is 2.17. The fourth-order valence-electron chi connectivity index (χ4n) is 1.44. The van der Waals surface area contributed by atoms with Gasteiger partial charge in [-0.3, -0.25) is 9.59 Å². The Morgan fingerprint density at radius 1 is 1.64 bits per heavy atom. The van der Waals surface area contributed by atoms with E-state index in [2.05, 4.69) is 0 Å². The lowest BCUT2D eigenvalue weighted by atomic mass is 10.0. The SMILES string of the molecule is CSCC(=O)N1CCC(N)(C(=O)O)C1. The lowest BCUT2D eigenvalue weighted by Gasteiger charge is -2.19. The Morgan fingerprint density at radius 3 is 2.71 bits per heavy atom. The minimum absolute atomic E-state index is 0.0360. The van der Waals surface area contributed by atoms with Gasteiger partial charge in [-0.15, -0.1) is 0 Å². The molecule has 1 saturated heterocycles. The summed E-state index contributed by atoms with van der Waals surface area (Å²) in [6, 6.07) is 0. The molecule has 0 saturated carbocycles. The predicted molar refractivity (Wildman–Crippen MR) is 54.1 cm³/mol.